The Balaban J connectivity index is 2.14. The minimum Gasteiger partial charge on any atom is -0.449 e. The lowest BCUT2D eigenvalue weighted by atomic mass is 10.1. The molecule has 1 atom stereocenters. The number of aryl methyl sites for hydroxylation is 1. The number of hydrogen-bond donors (Lipinski definition) is 1. The first-order valence-corrected chi connectivity index (χ1v) is 8.49. The average molecular weight is 410 g/mol. The zero-order valence-electron chi connectivity index (χ0n) is 15.4. The van der Waals surface area contributed by atoms with Crippen LogP contribution in [0, 0.1) is 10.1 Å². The minimum absolute atomic E-state index is 0.188. The fraction of sp³-hybridized carbons (Fsp3) is 0.263. The molecule has 0 spiro atoms. The Kier molecular flexibility index (Phi) is 6.57. The molecular weight excluding hydrogens is 393 g/mol. The number of ether oxygens (including phenoxy) is 1. The maximum absolute atomic E-state index is 13.2. The van der Waals surface area contributed by atoms with Gasteiger partial charge in [0.15, 0.2) is 6.10 Å². The number of carbonyl (C=O) groups is 2. The third kappa shape index (κ3) is 5.53. The van der Waals surface area contributed by atoms with Crippen molar-refractivity contribution in [3.05, 3.63) is 69.3 Å². The zero-order chi connectivity index (χ0) is 21.8. The minimum atomic E-state index is -4.93. The van der Waals surface area contributed by atoms with Crippen molar-refractivity contribution in [2.75, 3.05) is 5.32 Å². The van der Waals surface area contributed by atoms with Crippen LogP contribution in [0.15, 0.2) is 42.5 Å². The number of rotatable bonds is 6. The summed E-state index contributed by atoms with van der Waals surface area (Å²) in [5.74, 6) is -1.82. The number of non-ortho nitro benzene ring substituents is 1. The average Bonchev–Trinajstić information content (AvgIpc) is 2.67. The molecule has 0 heterocycles. The molecule has 10 heteroatoms. The summed E-state index contributed by atoms with van der Waals surface area (Å²) >= 11 is 0. The summed E-state index contributed by atoms with van der Waals surface area (Å²) in [5.41, 5.74) is -1.65. The summed E-state index contributed by atoms with van der Waals surface area (Å²) in [5, 5.41) is 12.7. The fourth-order valence-corrected chi connectivity index (χ4v) is 2.38. The number of alkyl halides is 3. The van der Waals surface area contributed by atoms with Gasteiger partial charge >= 0.3 is 12.1 Å². The monoisotopic (exact) mass is 410 g/mol. The zero-order valence-corrected chi connectivity index (χ0v) is 15.4. The molecule has 2 aromatic rings. The molecule has 0 aliphatic heterocycles. The van der Waals surface area contributed by atoms with E-state index >= 15 is 0 Å². The Labute approximate surface area is 163 Å². The predicted octanol–water partition coefficient (Wildman–Crippen LogP) is 4.36. The number of nitrogens with zero attached hydrogens (tertiary/aromatic N) is 1. The molecule has 0 unspecified atom stereocenters. The molecule has 1 amide bonds. The van der Waals surface area contributed by atoms with Gasteiger partial charge in [-0.2, -0.15) is 13.2 Å². The Morgan fingerprint density at radius 3 is 2.31 bits per heavy atom. The number of nitrogens with one attached hydrogen (secondary N) is 1. The molecule has 0 fully saturated rings. The van der Waals surface area contributed by atoms with Crippen molar-refractivity contribution in [2.24, 2.45) is 0 Å². The molecule has 0 radical (unpaired) electrons. The summed E-state index contributed by atoms with van der Waals surface area (Å²) < 4.78 is 44.5. The molecule has 7 nitrogen and oxygen atoms in total. The van der Waals surface area contributed by atoms with Crippen LogP contribution in [-0.4, -0.2) is 22.9 Å². The lowest BCUT2D eigenvalue weighted by molar-refractivity contribution is -0.385. The maximum atomic E-state index is 13.2. The molecule has 0 saturated carbocycles. The number of nitro groups is 1. The molecule has 29 heavy (non-hydrogen) atoms. The lowest BCUT2D eigenvalue weighted by Crippen LogP contribution is -2.30. The van der Waals surface area contributed by atoms with Crippen LogP contribution in [0.25, 0.3) is 0 Å². The van der Waals surface area contributed by atoms with Crippen molar-refractivity contribution in [2.45, 2.75) is 32.5 Å². The third-order valence-corrected chi connectivity index (χ3v) is 4.03. The molecule has 0 bridgehead atoms. The van der Waals surface area contributed by atoms with Crippen molar-refractivity contribution < 1.29 is 32.4 Å². The van der Waals surface area contributed by atoms with Gasteiger partial charge in [-0.1, -0.05) is 19.1 Å². The molecule has 0 saturated heterocycles. The van der Waals surface area contributed by atoms with Crippen LogP contribution in [0.5, 0.6) is 0 Å². The SMILES string of the molecule is CCc1ccc(C(=O)O[C@@H](C)C(=O)Nc2ccc([N+](=O)[O-])cc2C(F)(F)F)cc1. The number of carbonyl (C=O) groups excluding carboxylic acids is 2. The van der Waals surface area contributed by atoms with Gasteiger partial charge in [-0.05, 0) is 37.1 Å². The second kappa shape index (κ2) is 8.72. The van der Waals surface area contributed by atoms with Gasteiger partial charge in [0.05, 0.1) is 21.7 Å². The molecule has 0 aromatic heterocycles. The predicted molar refractivity (Wildman–Crippen MR) is 97.4 cm³/mol. The van der Waals surface area contributed by atoms with E-state index in [1.165, 1.54) is 19.1 Å². The topological polar surface area (TPSA) is 98.5 Å². The van der Waals surface area contributed by atoms with E-state index in [9.17, 15) is 32.9 Å². The van der Waals surface area contributed by atoms with E-state index in [0.717, 1.165) is 24.1 Å². The highest BCUT2D eigenvalue weighted by Crippen LogP contribution is 2.37. The van der Waals surface area contributed by atoms with Gasteiger partial charge in [-0.25, -0.2) is 4.79 Å². The van der Waals surface area contributed by atoms with E-state index in [1.807, 2.05) is 12.2 Å². The largest absolute Gasteiger partial charge is 0.449 e. The van der Waals surface area contributed by atoms with Gasteiger partial charge in [-0.3, -0.25) is 14.9 Å². The quantitative estimate of drug-likeness (QED) is 0.433. The number of halogens is 3. The fourth-order valence-electron chi connectivity index (χ4n) is 2.38. The first-order valence-electron chi connectivity index (χ1n) is 8.49. The number of anilines is 1. The van der Waals surface area contributed by atoms with Crippen molar-refractivity contribution in [3.63, 3.8) is 0 Å². The lowest BCUT2D eigenvalue weighted by Gasteiger charge is -2.17. The molecule has 0 aliphatic carbocycles. The Morgan fingerprint density at radius 1 is 1.17 bits per heavy atom. The van der Waals surface area contributed by atoms with Crippen LogP contribution in [-0.2, 0) is 22.1 Å². The third-order valence-electron chi connectivity index (χ3n) is 4.03. The number of amides is 1. The van der Waals surface area contributed by atoms with Gasteiger partial charge in [-0.15, -0.1) is 0 Å². The maximum Gasteiger partial charge on any atom is 0.418 e. The Morgan fingerprint density at radius 2 is 1.79 bits per heavy atom. The van der Waals surface area contributed by atoms with Crippen LogP contribution in [0.1, 0.15) is 35.3 Å². The summed E-state index contributed by atoms with van der Waals surface area (Å²) in [4.78, 5) is 34.0. The second-order valence-electron chi connectivity index (χ2n) is 6.07. The molecule has 1 N–H and O–H groups in total. The van der Waals surface area contributed by atoms with Gasteiger partial charge in [0, 0.05) is 12.1 Å². The van der Waals surface area contributed by atoms with Crippen molar-refractivity contribution in [1.29, 1.82) is 0 Å². The molecule has 2 aromatic carbocycles. The van der Waals surface area contributed by atoms with E-state index in [0.29, 0.717) is 6.07 Å². The summed E-state index contributed by atoms with van der Waals surface area (Å²) in [6.45, 7) is 3.14. The highest BCUT2D eigenvalue weighted by Gasteiger charge is 2.36. The van der Waals surface area contributed by atoms with Gasteiger partial charge in [0.25, 0.3) is 11.6 Å². The van der Waals surface area contributed by atoms with Crippen LogP contribution < -0.4 is 5.32 Å². The van der Waals surface area contributed by atoms with Gasteiger partial charge < -0.3 is 10.1 Å². The second-order valence-corrected chi connectivity index (χ2v) is 6.07. The molecular formula is C19H17F3N2O5. The standard InChI is InChI=1S/C19H17F3N2O5/c1-3-12-4-6-13(7-5-12)18(26)29-11(2)17(25)23-16-9-8-14(24(27)28)10-15(16)19(20,21)22/h4-11H,3H2,1-2H3,(H,23,25)/t11-/m0/s1. The number of benzene rings is 2. The van der Waals surface area contributed by atoms with E-state index in [4.69, 9.17) is 4.74 Å². The highest BCUT2D eigenvalue weighted by atomic mass is 19.4. The first kappa shape index (κ1) is 21.9. The highest BCUT2D eigenvalue weighted by molar-refractivity contribution is 5.98. The summed E-state index contributed by atoms with van der Waals surface area (Å²) in [6.07, 6.45) is -5.56. The van der Waals surface area contributed by atoms with E-state index in [2.05, 4.69) is 0 Å². The summed E-state index contributed by atoms with van der Waals surface area (Å²) in [7, 11) is 0. The van der Waals surface area contributed by atoms with Crippen LogP contribution in [0.3, 0.4) is 0 Å². The van der Waals surface area contributed by atoms with E-state index in [1.54, 1.807) is 12.1 Å². The van der Waals surface area contributed by atoms with E-state index < -0.39 is 46.0 Å². The van der Waals surface area contributed by atoms with Crippen molar-refractivity contribution >= 4 is 23.3 Å². The Bertz CT molecular complexity index is 926. The van der Waals surface area contributed by atoms with Crippen LogP contribution >= 0.6 is 0 Å². The van der Waals surface area contributed by atoms with Crippen molar-refractivity contribution in [3.8, 4) is 0 Å². The molecule has 0 aliphatic rings. The smallest absolute Gasteiger partial charge is 0.418 e. The van der Waals surface area contributed by atoms with E-state index in [-0.39, 0.29) is 5.56 Å². The van der Waals surface area contributed by atoms with Crippen molar-refractivity contribution in [1.82, 2.24) is 0 Å². The van der Waals surface area contributed by atoms with Gasteiger partial charge in [0.1, 0.15) is 0 Å². The number of hydrogen-bond acceptors (Lipinski definition) is 5. The van der Waals surface area contributed by atoms with Crippen LogP contribution in [0.4, 0.5) is 24.5 Å². The first-order chi connectivity index (χ1) is 13.5. The molecule has 154 valence electrons. The van der Waals surface area contributed by atoms with Gasteiger partial charge in [0.2, 0.25) is 0 Å². The molecule has 2 rings (SSSR count). The Hall–Kier alpha value is -3.43. The summed E-state index contributed by atoms with van der Waals surface area (Å²) in [6, 6.07) is 8.39. The number of nitro benzene ring substituents is 1. The van der Waals surface area contributed by atoms with Crippen LogP contribution in [0.2, 0.25) is 0 Å². The number of esters is 1. The normalized spacial score (nSPS) is 12.2.